The molecule has 5 rings (SSSR count). The first-order chi connectivity index (χ1) is 16.3. The second-order valence-electron chi connectivity index (χ2n) is 8.73. The summed E-state index contributed by atoms with van der Waals surface area (Å²) in [6.45, 7) is 2.65. The second kappa shape index (κ2) is 10.3. The normalized spacial score (nSPS) is 17.3. The minimum Gasteiger partial charge on any atom is -0.475 e. The van der Waals surface area contributed by atoms with Crippen molar-refractivity contribution in [3.8, 4) is 17.1 Å². The number of nitrogens with zero attached hydrogens (tertiary/aromatic N) is 2. The first-order valence-electron chi connectivity index (χ1n) is 11.9. The van der Waals surface area contributed by atoms with E-state index in [0.29, 0.717) is 38.9 Å². The number of unbranched alkanes of at least 4 members (excludes halogenated alkanes) is 1. The van der Waals surface area contributed by atoms with Crippen LogP contribution in [0.1, 0.15) is 29.5 Å². The highest BCUT2D eigenvalue weighted by Gasteiger charge is 2.21. The summed E-state index contributed by atoms with van der Waals surface area (Å²) in [5.74, 6) is 0.346. The zero-order valence-corrected chi connectivity index (χ0v) is 18.9. The highest BCUT2D eigenvalue weighted by molar-refractivity contribution is 5.67. The fourth-order valence-electron chi connectivity index (χ4n) is 4.60. The Labute approximate surface area is 194 Å². The highest BCUT2D eigenvalue weighted by Crippen LogP contribution is 2.31. The lowest BCUT2D eigenvalue weighted by Crippen LogP contribution is -2.34. The summed E-state index contributed by atoms with van der Waals surface area (Å²) in [7, 11) is 0. The molecule has 1 atom stereocenters. The maximum Gasteiger partial charge on any atom is 0.351 e. The minimum atomic E-state index is -0.265. The first-order valence-corrected chi connectivity index (χ1v) is 11.9. The summed E-state index contributed by atoms with van der Waals surface area (Å²) in [6.07, 6.45) is 5.25. The molecular formula is C27H30N2O4. The first kappa shape index (κ1) is 21.9. The topological polar surface area (TPSA) is 62.6 Å². The summed E-state index contributed by atoms with van der Waals surface area (Å²) in [5, 5.41) is 0. The maximum atomic E-state index is 12.6. The van der Waals surface area contributed by atoms with Crippen molar-refractivity contribution in [1.29, 1.82) is 0 Å². The van der Waals surface area contributed by atoms with Gasteiger partial charge in [-0.05, 0) is 48.8 Å². The molecule has 2 aliphatic rings. The fraction of sp³-hybridized carbons (Fsp3) is 0.407. The number of ether oxygens (including phenoxy) is 3. The van der Waals surface area contributed by atoms with Gasteiger partial charge in [-0.25, -0.2) is 4.79 Å². The van der Waals surface area contributed by atoms with Gasteiger partial charge >= 0.3 is 5.69 Å². The zero-order valence-electron chi connectivity index (χ0n) is 18.9. The van der Waals surface area contributed by atoms with Crippen molar-refractivity contribution in [2.75, 3.05) is 26.4 Å². The van der Waals surface area contributed by atoms with Crippen molar-refractivity contribution in [3.05, 3.63) is 81.8 Å². The van der Waals surface area contributed by atoms with E-state index in [9.17, 15) is 4.79 Å². The molecule has 1 aromatic heterocycles. The average molecular weight is 447 g/mol. The number of aromatic nitrogens is 2. The van der Waals surface area contributed by atoms with Crippen LogP contribution in [0.15, 0.2) is 59.4 Å². The van der Waals surface area contributed by atoms with E-state index >= 15 is 0 Å². The molecule has 3 aromatic rings. The molecule has 172 valence electrons. The monoisotopic (exact) mass is 446 g/mol. The lowest BCUT2D eigenvalue weighted by Gasteiger charge is -2.24. The van der Waals surface area contributed by atoms with Gasteiger partial charge in [0, 0.05) is 18.2 Å². The van der Waals surface area contributed by atoms with Crippen LogP contribution >= 0.6 is 0 Å². The molecule has 0 unspecified atom stereocenters. The Bertz CT molecular complexity index is 1140. The quantitative estimate of drug-likeness (QED) is 0.492. The van der Waals surface area contributed by atoms with Crippen molar-refractivity contribution in [3.63, 3.8) is 0 Å². The number of hydrogen-bond donors (Lipinski definition) is 0. The van der Waals surface area contributed by atoms with E-state index in [1.165, 1.54) is 29.5 Å². The largest absolute Gasteiger partial charge is 0.475 e. The molecule has 0 amide bonds. The molecule has 33 heavy (non-hydrogen) atoms. The number of hydrogen-bond acceptors (Lipinski definition) is 5. The molecule has 0 saturated carbocycles. The van der Waals surface area contributed by atoms with Gasteiger partial charge in [-0.1, -0.05) is 48.5 Å². The molecule has 1 fully saturated rings. The van der Waals surface area contributed by atoms with Crippen LogP contribution < -0.4 is 10.4 Å². The van der Waals surface area contributed by atoms with E-state index in [1.807, 2.05) is 6.07 Å². The Kier molecular flexibility index (Phi) is 6.84. The molecule has 0 aliphatic carbocycles. The molecule has 0 spiro atoms. The van der Waals surface area contributed by atoms with Gasteiger partial charge in [0.05, 0.1) is 25.5 Å². The van der Waals surface area contributed by atoms with Gasteiger partial charge in [0.1, 0.15) is 12.7 Å². The van der Waals surface area contributed by atoms with E-state index in [4.69, 9.17) is 14.2 Å². The Morgan fingerprint density at radius 2 is 1.85 bits per heavy atom. The van der Waals surface area contributed by atoms with Crippen molar-refractivity contribution >= 4 is 0 Å². The van der Waals surface area contributed by atoms with Crippen molar-refractivity contribution in [2.24, 2.45) is 0 Å². The van der Waals surface area contributed by atoms with Gasteiger partial charge in [0.25, 0.3) is 0 Å². The van der Waals surface area contributed by atoms with Crippen LogP contribution in [0, 0.1) is 0 Å². The summed E-state index contributed by atoms with van der Waals surface area (Å²) < 4.78 is 18.6. The molecule has 2 aromatic carbocycles. The number of benzene rings is 2. The molecule has 1 saturated heterocycles. The van der Waals surface area contributed by atoms with E-state index in [-0.39, 0.29) is 11.8 Å². The van der Waals surface area contributed by atoms with E-state index in [0.717, 1.165) is 30.5 Å². The second-order valence-corrected chi connectivity index (χ2v) is 8.73. The highest BCUT2D eigenvalue weighted by atomic mass is 16.6. The fourth-order valence-corrected chi connectivity index (χ4v) is 4.60. The number of fused-ring (bicyclic) bond motifs is 3. The molecule has 6 heteroatoms. The Balaban J connectivity index is 1.25. The van der Waals surface area contributed by atoms with Crippen LogP contribution in [0.4, 0.5) is 0 Å². The lowest BCUT2D eigenvalue weighted by atomic mass is 9.94. The van der Waals surface area contributed by atoms with Gasteiger partial charge in [0.15, 0.2) is 0 Å². The van der Waals surface area contributed by atoms with Crippen LogP contribution in [-0.4, -0.2) is 42.1 Å². The van der Waals surface area contributed by atoms with E-state index in [1.54, 1.807) is 4.57 Å². The lowest BCUT2D eigenvalue weighted by molar-refractivity contribution is -0.102. The van der Waals surface area contributed by atoms with Gasteiger partial charge in [-0.2, -0.15) is 4.98 Å². The zero-order chi connectivity index (χ0) is 22.5. The van der Waals surface area contributed by atoms with Crippen LogP contribution in [0.2, 0.25) is 0 Å². The average Bonchev–Trinajstić information content (AvgIpc) is 2.86. The third-order valence-corrected chi connectivity index (χ3v) is 6.36. The molecular weight excluding hydrogens is 416 g/mol. The third kappa shape index (κ3) is 5.34. The molecule has 0 radical (unpaired) electrons. The molecule has 0 bridgehead atoms. The van der Waals surface area contributed by atoms with Crippen LogP contribution in [0.3, 0.4) is 0 Å². The maximum absolute atomic E-state index is 12.6. The summed E-state index contributed by atoms with van der Waals surface area (Å²) in [4.78, 5) is 16.7. The van der Waals surface area contributed by atoms with Gasteiger partial charge in [-0.15, -0.1) is 0 Å². The van der Waals surface area contributed by atoms with Gasteiger partial charge in [0.2, 0.25) is 5.88 Å². The van der Waals surface area contributed by atoms with E-state index in [2.05, 4.69) is 53.5 Å². The summed E-state index contributed by atoms with van der Waals surface area (Å²) >= 11 is 0. The van der Waals surface area contributed by atoms with Crippen molar-refractivity contribution in [1.82, 2.24) is 9.55 Å². The number of rotatable bonds is 8. The predicted octanol–water partition coefficient (Wildman–Crippen LogP) is 3.83. The van der Waals surface area contributed by atoms with Crippen molar-refractivity contribution in [2.45, 2.75) is 44.8 Å². The Morgan fingerprint density at radius 3 is 2.67 bits per heavy atom. The van der Waals surface area contributed by atoms with Gasteiger partial charge in [-0.3, -0.25) is 4.57 Å². The smallest absolute Gasteiger partial charge is 0.351 e. The summed E-state index contributed by atoms with van der Waals surface area (Å²) in [5.41, 5.74) is 5.76. The standard InChI is InChI=1S/C27H30N2O4/c30-27-28-26(33-19-23-18-31-14-15-32-23)17-25-24-11-10-21(16-22(24)12-13-29(25)27)9-5-4-8-20-6-2-1-3-7-20/h1-3,6-7,10-11,16-17,23H,4-5,8-9,12-15,18-19H2/t23-/m1/s1. The Hall–Kier alpha value is -2.96. The van der Waals surface area contributed by atoms with Crippen LogP contribution in [0.5, 0.6) is 5.88 Å². The van der Waals surface area contributed by atoms with Crippen LogP contribution in [0.25, 0.3) is 11.3 Å². The predicted molar refractivity (Wildman–Crippen MR) is 127 cm³/mol. The van der Waals surface area contributed by atoms with Crippen LogP contribution in [-0.2, 0) is 35.3 Å². The Morgan fingerprint density at radius 1 is 1.00 bits per heavy atom. The SMILES string of the molecule is O=c1nc(OC[C@H]2COCCO2)cc2n1CCc1cc(CCCCc3ccccc3)ccc1-2. The third-order valence-electron chi connectivity index (χ3n) is 6.36. The van der Waals surface area contributed by atoms with Crippen molar-refractivity contribution < 1.29 is 14.2 Å². The molecule has 2 aliphatic heterocycles. The van der Waals surface area contributed by atoms with Gasteiger partial charge < -0.3 is 14.2 Å². The van der Waals surface area contributed by atoms with E-state index < -0.39 is 0 Å². The summed E-state index contributed by atoms with van der Waals surface area (Å²) in [6, 6.07) is 19.2. The molecule has 3 heterocycles. The molecule has 0 N–H and O–H groups in total. The minimum absolute atomic E-state index is 0.129. The number of aryl methyl sites for hydroxylation is 3. The molecule has 6 nitrogen and oxygen atoms in total.